The Bertz CT molecular complexity index is 527. The van der Waals surface area contributed by atoms with E-state index in [-0.39, 0.29) is 11.2 Å². The fraction of sp³-hybridized carbons (Fsp3) is 0.0769. The standard InChI is InChI=1S/C13H8BrClFI/c14-9-3-6-12(17)11(7-9)13(15)8-1-4-10(16)5-2-8/h1-7,13H. The minimum absolute atomic E-state index is 0.249. The van der Waals surface area contributed by atoms with Crippen LogP contribution >= 0.6 is 50.1 Å². The molecule has 1 atom stereocenters. The van der Waals surface area contributed by atoms with Crippen LogP contribution in [0.2, 0.25) is 0 Å². The second kappa shape index (κ2) is 5.67. The van der Waals surface area contributed by atoms with Gasteiger partial charge in [0.15, 0.2) is 0 Å². The summed E-state index contributed by atoms with van der Waals surface area (Å²) in [5.41, 5.74) is 1.91. The molecule has 4 heteroatoms. The highest BCUT2D eigenvalue weighted by molar-refractivity contribution is 14.1. The summed E-state index contributed by atoms with van der Waals surface area (Å²) in [6.07, 6.45) is 0. The van der Waals surface area contributed by atoms with Crippen molar-refractivity contribution in [3.05, 3.63) is 67.5 Å². The first-order valence-corrected chi connectivity index (χ1v) is 7.23. The molecule has 0 nitrogen and oxygen atoms in total. The highest BCUT2D eigenvalue weighted by Crippen LogP contribution is 2.33. The Morgan fingerprint density at radius 2 is 1.76 bits per heavy atom. The maximum Gasteiger partial charge on any atom is 0.123 e. The van der Waals surface area contributed by atoms with Crippen LogP contribution < -0.4 is 0 Å². The van der Waals surface area contributed by atoms with Gasteiger partial charge in [0.25, 0.3) is 0 Å². The summed E-state index contributed by atoms with van der Waals surface area (Å²) in [5, 5.41) is -0.264. The summed E-state index contributed by atoms with van der Waals surface area (Å²) in [4.78, 5) is 0. The van der Waals surface area contributed by atoms with Crippen LogP contribution in [0.1, 0.15) is 16.5 Å². The van der Waals surface area contributed by atoms with E-state index in [0.29, 0.717) is 0 Å². The molecule has 0 fully saturated rings. The average Bonchev–Trinajstić information content (AvgIpc) is 2.32. The van der Waals surface area contributed by atoms with E-state index < -0.39 is 0 Å². The molecular weight excluding hydrogens is 417 g/mol. The van der Waals surface area contributed by atoms with Crippen LogP contribution in [0, 0.1) is 9.39 Å². The minimum atomic E-state index is -0.264. The topological polar surface area (TPSA) is 0 Å². The molecule has 0 amide bonds. The lowest BCUT2D eigenvalue weighted by molar-refractivity contribution is 0.627. The first kappa shape index (κ1) is 13.3. The van der Waals surface area contributed by atoms with Gasteiger partial charge in [-0.3, -0.25) is 0 Å². The van der Waals surface area contributed by atoms with Crippen molar-refractivity contribution in [1.82, 2.24) is 0 Å². The van der Waals surface area contributed by atoms with Crippen molar-refractivity contribution in [1.29, 1.82) is 0 Å². The van der Waals surface area contributed by atoms with Crippen LogP contribution in [-0.2, 0) is 0 Å². The molecule has 0 aliphatic carbocycles. The maximum absolute atomic E-state index is 12.8. The molecule has 0 radical (unpaired) electrons. The van der Waals surface area contributed by atoms with Crippen LogP contribution in [0.5, 0.6) is 0 Å². The molecule has 2 aromatic rings. The molecule has 2 aromatic carbocycles. The third kappa shape index (κ3) is 3.20. The van der Waals surface area contributed by atoms with Crippen molar-refractivity contribution in [2.45, 2.75) is 5.38 Å². The average molecular weight is 425 g/mol. The van der Waals surface area contributed by atoms with Gasteiger partial charge in [0.05, 0.1) is 5.38 Å². The van der Waals surface area contributed by atoms with E-state index in [1.807, 2.05) is 18.2 Å². The number of alkyl halides is 1. The van der Waals surface area contributed by atoms with E-state index in [4.69, 9.17) is 11.6 Å². The van der Waals surface area contributed by atoms with Gasteiger partial charge in [-0.1, -0.05) is 28.1 Å². The van der Waals surface area contributed by atoms with Gasteiger partial charge in [-0.05, 0) is 64.0 Å². The van der Waals surface area contributed by atoms with E-state index in [1.165, 1.54) is 12.1 Å². The molecule has 88 valence electrons. The second-order valence-corrected chi connectivity index (χ2v) is 6.09. The molecule has 2 rings (SSSR count). The molecule has 0 aromatic heterocycles. The summed E-state index contributed by atoms with van der Waals surface area (Å²) in [6, 6.07) is 12.2. The van der Waals surface area contributed by atoms with Gasteiger partial charge >= 0.3 is 0 Å². The molecule has 0 saturated carbocycles. The van der Waals surface area contributed by atoms with Gasteiger partial charge in [-0.2, -0.15) is 0 Å². The van der Waals surface area contributed by atoms with Crippen molar-refractivity contribution in [2.75, 3.05) is 0 Å². The van der Waals surface area contributed by atoms with Crippen molar-refractivity contribution in [3.8, 4) is 0 Å². The Labute approximate surface area is 126 Å². The van der Waals surface area contributed by atoms with Gasteiger partial charge in [0, 0.05) is 8.04 Å². The smallest absolute Gasteiger partial charge is 0.123 e. The van der Waals surface area contributed by atoms with E-state index >= 15 is 0 Å². The lowest BCUT2D eigenvalue weighted by atomic mass is 10.0. The predicted octanol–water partition coefficient (Wildman–Crippen LogP) is 5.52. The van der Waals surface area contributed by atoms with Gasteiger partial charge in [-0.25, -0.2) is 4.39 Å². The lowest BCUT2D eigenvalue weighted by Gasteiger charge is -2.12. The summed E-state index contributed by atoms with van der Waals surface area (Å²) in [6.45, 7) is 0. The second-order valence-electron chi connectivity index (χ2n) is 3.58. The number of hydrogen-bond acceptors (Lipinski definition) is 0. The summed E-state index contributed by atoms with van der Waals surface area (Å²) in [7, 11) is 0. The molecule has 1 unspecified atom stereocenters. The monoisotopic (exact) mass is 424 g/mol. The van der Waals surface area contributed by atoms with E-state index in [1.54, 1.807) is 12.1 Å². The first-order valence-electron chi connectivity index (χ1n) is 4.92. The predicted molar refractivity (Wildman–Crippen MR) is 81.0 cm³/mol. The quantitative estimate of drug-likeness (QED) is 0.439. The van der Waals surface area contributed by atoms with Crippen LogP contribution in [0.3, 0.4) is 0 Å². The lowest BCUT2D eigenvalue weighted by Crippen LogP contribution is -1.96. The van der Waals surface area contributed by atoms with Gasteiger partial charge in [0.2, 0.25) is 0 Å². The Kier molecular flexibility index (Phi) is 4.44. The van der Waals surface area contributed by atoms with Crippen LogP contribution in [0.15, 0.2) is 46.9 Å². The van der Waals surface area contributed by atoms with Crippen molar-refractivity contribution < 1.29 is 4.39 Å². The molecule has 0 spiro atoms. The maximum atomic E-state index is 12.8. The van der Waals surface area contributed by atoms with Crippen molar-refractivity contribution >= 4 is 50.1 Å². The number of benzene rings is 2. The number of hydrogen-bond donors (Lipinski definition) is 0. The van der Waals surface area contributed by atoms with Crippen LogP contribution in [0.4, 0.5) is 4.39 Å². The van der Waals surface area contributed by atoms with E-state index in [9.17, 15) is 4.39 Å². The molecule has 0 saturated heterocycles. The van der Waals surface area contributed by atoms with Gasteiger partial charge in [0.1, 0.15) is 5.82 Å². The Morgan fingerprint density at radius 3 is 2.41 bits per heavy atom. The third-order valence-corrected chi connectivity index (χ3v) is 4.36. The Balaban J connectivity index is 2.39. The van der Waals surface area contributed by atoms with E-state index in [0.717, 1.165) is 19.2 Å². The minimum Gasteiger partial charge on any atom is -0.207 e. The molecule has 0 aliphatic heterocycles. The van der Waals surface area contributed by atoms with Crippen molar-refractivity contribution in [3.63, 3.8) is 0 Å². The summed E-state index contributed by atoms with van der Waals surface area (Å²) >= 11 is 12.1. The molecule has 0 aliphatic rings. The molecular formula is C13H8BrClFI. The highest BCUT2D eigenvalue weighted by atomic mass is 127. The third-order valence-electron chi connectivity index (χ3n) is 2.39. The van der Waals surface area contributed by atoms with Gasteiger partial charge in [-0.15, -0.1) is 11.6 Å². The Morgan fingerprint density at radius 1 is 1.12 bits per heavy atom. The number of halogens is 4. The molecule has 0 N–H and O–H groups in total. The first-order chi connectivity index (χ1) is 8.08. The van der Waals surface area contributed by atoms with Gasteiger partial charge < -0.3 is 0 Å². The summed E-state index contributed by atoms with van der Waals surface area (Å²) < 4.78 is 14.9. The van der Waals surface area contributed by atoms with Crippen molar-refractivity contribution in [2.24, 2.45) is 0 Å². The molecule has 0 heterocycles. The zero-order valence-corrected chi connectivity index (χ0v) is 13.1. The summed E-state index contributed by atoms with van der Waals surface area (Å²) in [5.74, 6) is -0.249. The SMILES string of the molecule is Fc1ccc(C(Cl)c2cc(Br)ccc2I)cc1. The largest absolute Gasteiger partial charge is 0.207 e. The van der Waals surface area contributed by atoms with Crippen LogP contribution in [0.25, 0.3) is 0 Å². The fourth-order valence-electron chi connectivity index (χ4n) is 1.52. The zero-order valence-electron chi connectivity index (χ0n) is 8.63. The fourth-order valence-corrected chi connectivity index (χ4v) is 3.06. The molecule has 17 heavy (non-hydrogen) atoms. The zero-order chi connectivity index (χ0) is 12.4. The van der Waals surface area contributed by atoms with E-state index in [2.05, 4.69) is 38.5 Å². The van der Waals surface area contributed by atoms with Crippen LogP contribution in [-0.4, -0.2) is 0 Å². The number of rotatable bonds is 2. The Hall–Kier alpha value is -0.130. The normalized spacial score (nSPS) is 12.5. The molecule has 0 bridgehead atoms. The highest BCUT2D eigenvalue weighted by Gasteiger charge is 2.14.